The summed E-state index contributed by atoms with van der Waals surface area (Å²) in [7, 11) is -0.325. The highest BCUT2D eigenvalue weighted by Gasteiger charge is 2.58. The SMILES string of the molecule is COC(=O)[C@@]1(O[SiH](C)C)C[C@H](C(C)(C)C)CN1C(=O)OCc1ccccc1. The molecule has 1 fully saturated rings. The standard InChI is InChI=1S/C20H31NO5Si/c1-19(2,3)16-12-20(17(22)24-4,26-27(5)6)21(13-16)18(23)25-14-15-10-8-7-9-11-15/h7-11,16,27H,12-14H2,1-6H3/t16-,20-/m0/s1. The first-order valence-electron chi connectivity index (χ1n) is 9.34. The van der Waals surface area contributed by atoms with Crippen molar-refractivity contribution in [2.24, 2.45) is 11.3 Å². The van der Waals surface area contributed by atoms with Gasteiger partial charge in [-0.05, 0) is 30.0 Å². The highest BCUT2D eigenvalue weighted by Crippen LogP contribution is 2.44. The quantitative estimate of drug-likeness (QED) is 0.565. The van der Waals surface area contributed by atoms with Crippen LogP contribution in [0.1, 0.15) is 32.8 Å². The molecule has 1 heterocycles. The molecule has 2 atom stereocenters. The molecule has 2 rings (SSSR count). The van der Waals surface area contributed by atoms with Gasteiger partial charge in [0.25, 0.3) is 0 Å². The van der Waals surface area contributed by atoms with Gasteiger partial charge in [0.2, 0.25) is 5.72 Å². The predicted octanol–water partition coefficient (Wildman–Crippen LogP) is 3.56. The number of carbonyl (C=O) groups excluding carboxylic acids is 2. The fraction of sp³-hybridized carbons (Fsp3) is 0.600. The second kappa shape index (κ2) is 8.44. The number of esters is 1. The molecule has 1 amide bonds. The number of ether oxygens (including phenoxy) is 2. The maximum absolute atomic E-state index is 12.9. The van der Waals surface area contributed by atoms with Crippen LogP contribution in [0.15, 0.2) is 30.3 Å². The molecule has 1 aliphatic rings. The highest BCUT2D eigenvalue weighted by molar-refractivity contribution is 6.48. The van der Waals surface area contributed by atoms with Crippen LogP contribution in [-0.2, 0) is 25.3 Å². The lowest BCUT2D eigenvalue weighted by atomic mass is 9.79. The van der Waals surface area contributed by atoms with Crippen molar-refractivity contribution in [3.05, 3.63) is 35.9 Å². The van der Waals surface area contributed by atoms with E-state index in [9.17, 15) is 9.59 Å². The van der Waals surface area contributed by atoms with E-state index >= 15 is 0 Å². The lowest BCUT2D eigenvalue weighted by Crippen LogP contribution is -2.57. The molecule has 150 valence electrons. The van der Waals surface area contributed by atoms with Crippen LogP contribution in [0.25, 0.3) is 0 Å². The molecule has 0 unspecified atom stereocenters. The number of hydrogen-bond donors (Lipinski definition) is 0. The van der Waals surface area contributed by atoms with Gasteiger partial charge in [0, 0.05) is 13.0 Å². The van der Waals surface area contributed by atoms with E-state index in [-0.39, 0.29) is 17.9 Å². The topological polar surface area (TPSA) is 65.1 Å². The number of rotatable bonds is 5. The van der Waals surface area contributed by atoms with Crippen molar-refractivity contribution in [2.45, 2.75) is 52.6 Å². The number of methoxy groups -OCH3 is 1. The van der Waals surface area contributed by atoms with Crippen LogP contribution in [0, 0.1) is 11.3 Å². The van der Waals surface area contributed by atoms with Crippen molar-refractivity contribution in [1.82, 2.24) is 4.90 Å². The van der Waals surface area contributed by atoms with Gasteiger partial charge >= 0.3 is 12.1 Å². The van der Waals surface area contributed by atoms with Crippen LogP contribution in [0.2, 0.25) is 13.1 Å². The van der Waals surface area contributed by atoms with Crippen LogP contribution in [0.4, 0.5) is 4.79 Å². The normalized spacial score (nSPS) is 22.8. The molecule has 0 N–H and O–H groups in total. The Hall–Kier alpha value is -1.86. The monoisotopic (exact) mass is 393 g/mol. The first kappa shape index (κ1) is 21.4. The van der Waals surface area contributed by atoms with Gasteiger partial charge in [-0.25, -0.2) is 9.59 Å². The highest BCUT2D eigenvalue weighted by atomic mass is 28.3. The van der Waals surface area contributed by atoms with Gasteiger partial charge in [0.15, 0.2) is 9.04 Å². The lowest BCUT2D eigenvalue weighted by molar-refractivity contribution is -0.173. The van der Waals surface area contributed by atoms with Crippen molar-refractivity contribution in [3.63, 3.8) is 0 Å². The fourth-order valence-corrected chi connectivity index (χ4v) is 4.48. The molecule has 0 spiro atoms. The van der Waals surface area contributed by atoms with E-state index in [2.05, 4.69) is 20.8 Å². The molecular weight excluding hydrogens is 362 g/mol. The summed E-state index contributed by atoms with van der Waals surface area (Å²) in [6, 6.07) is 9.46. The summed E-state index contributed by atoms with van der Waals surface area (Å²) in [4.78, 5) is 27.1. The zero-order valence-electron chi connectivity index (χ0n) is 17.2. The van der Waals surface area contributed by atoms with Crippen LogP contribution < -0.4 is 0 Å². The largest absolute Gasteiger partial charge is 0.465 e. The summed E-state index contributed by atoms with van der Waals surface area (Å²) in [6.07, 6.45) is -0.139. The number of hydrogen-bond acceptors (Lipinski definition) is 5. The summed E-state index contributed by atoms with van der Waals surface area (Å²) >= 11 is 0. The van der Waals surface area contributed by atoms with E-state index in [1.807, 2.05) is 43.4 Å². The third-order valence-electron chi connectivity index (χ3n) is 4.95. The van der Waals surface area contributed by atoms with E-state index in [0.717, 1.165) is 5.56 Å². The van der Waals surface area contributed by atoms with Crippen LogP contribution in [0.3, 0.4) is 0 Å². The Kier molecular flexibility index (Phi) is 6.70. The van der Waals surface area contributed by atoms with Gasteiger partial charge in [-0.1, -0.05) is 51.1 Å². The maximum atomic E-state index is 12.9. The maximum Gasteiger partial charge on any atom is 0.412 e. The van der Waals surface area contributed by atoms with Gasteiger partial charge in [0.1, 0.15) is 6.61 Å². The summed E-state index contributed by atoms with van der Waals surface area (Å²) in [5, 5.41) is 0. The van der Waals surface area contributed by atoms with Crippen molar-refractivity contribution in [2.75, 3.05) is 13.7 Å². The average Bonchev–Trinajstić information content (AvgIpc) is 3.00. The van der Waals surface area contributed by atoms with Gasteiger partial charge in [-0.2, -0.15) is 0 Å². The zero-order valence-corrected chi connectivity index (χ0v) is 18.3. The third kappa shape index (κ3) is 4.90. The van der Waals surface area contributed by atoms with Crippen molar-refractivity contribution in [3.8, 4) is 0 Å². The minimum absolute atomic E-state index is 0.0877. The van der Waals surface area contributed by atoms with Crippen LogP contribution in [-0.4, -0.2) is 45.4 Å². The molecule has 0 radical (unpaired) electrons. The van der Waals surface area contributed by atoms with Gasteiger partial charge < -0.3 is 13.9 Å². The Labute approximate surface area is 163 Å². The van der Waals surface area contributed by atoms with E-state index in [1.165, 1.54) is 12.0 Å². The zero-order chi connectivity index (χ0) is 20.2. The summed E-state index contributed by atoms with van der Waals surface area (Å²) in [6.45, 7) is 10.8. The van der Waals surface area contributed by atoms with Gasteiger partial charge in [-0.15, -0.1) is 0 Å². The van der Waals surface area contributed by atoms with E-state index in [0.29, 0.717) is 13.0 Å². The summed E-state index contributed by atoms with van der Waals surface area (Å²) < 4.78 is 16.7. The van der Waals surface area contributed by atoms with E-state index in [4.69, 9.17) is 13.9 Å². The molecule has 1 aromatic carbocycles. The average molecular weight is 394 g/mol. The van der Waals surface area contributed by atoms with Crippen molar-refractivity contribution >= 4 is 21.1 Å². The summed E-state index contributed by atoms with van der Waals surface area (Å²) in [5.41, 5.74) is -0.600. The third-order valence-corrected chi connectivity index (χ3v) is 5.81. The van der Waals surface area contributed by atoms with Crippen LogP contribution >= 0.6 is 0 Å². The first-order valence-corrected chi connectivity index (χ1v) is 12.1. The lowest BCUT2D eigenvalue weighted by Gasteiger charge is -2.36. The molecule has 1 aliphatic heterocycles. The molecule has 6 nitrogen and oxygen atoms in total. The Balaban J connectivity index is 2.29. The van der Waals surface area contributed by atoms with Crippen molar-refractivity contribution in [1.29, 1.82) is 0 Å². The molecule has 0 aromatic heterocycles. The number of carbonyl (C=O) groups is 2. The summed E-state index contributed by atoms with van der Waals surface area (Å²) in [5.74, 6) is -0.444. The Morgan fingerprint density at radius 1 is 1.22 bits per heavy atom. The molecule has 7 heteroatoms. The number of amides is 1. The van der Waals surface area contributed by atoms with Gasteiger partial charge in [-0.3, -0.25) is 4.90 Å². The van der Waals surface area contributed by atoms with Crippen molar-refractivity contribution < 1.29 is 23.5 Å². The molecule has 27 heavy (non-hydrogen) atoms. The van der Waals surface area contributed by atoms with E-state index < -0.39 is 26.8 Å². The fourth-order valence-electron chi connectivity index (χ4n) is 3.38. The van der Waals surface area contributed by atoms with Gasteiger partial charge in [0.05, 0.1) is 7.11 Å². The Bertz CT molecular complexity index is 658. The second-order valence-electron chi connectivity index (χ2n) is 8.36. The smallest absolute Gasteiger partial charge is 0.412 e. The Morgan fingerprint density at radius 2 is 1.85 bits per heavy atom. The predicted molar refractivity (Wildman–Crippen MR) is 106 cm³/mol. The molecule has 1 aromatic rings. The van der Waals surface area contributed by atoms with E-state index in [1.54, 1.807) is 0 Å². The molecular formula is C20H31NO5Si. The molecule has 0 saturated carbocycles. The second-order valence-corrected chi connectivity index (χ2v) is 10.7. The minimum Gasteiger partial charge on any atom is -0.465 e. The number of benzene rings is 1. The first-order chi connectivity index (χ1) is 12.6. The molecule has 0 aliphatic carbocycles. The Morgan fingerprint density at radius 3 is 2.37 bits per heavy atom. The molecule has 0 bridgehead atoms. The number of nitrogens with zero attached hydrogens (tertiary/aromatic N) is 1. The number of likely N-dealkylation sites (tertiary alicyclic amines) is 1. The minimum atomic E-state index is -1.65. The van der Waals surface area contributed by atoms with Crippen LogP contribution in [0.5, 0.6) is 0 Å². The molecule has 1 saturated heterocycles.